The maximum Gasteiger partial charge on any atom is 0.319 e. The smallest absolute Gasteiger partial charge is 0.319 e. The highest BCUT2D eigenvalue weighted by molar-refractivity contribution is 5.90. The molecule has 112 valence electrons. The fraction of sp³-hybridized carbons (Fsp3) is 0.562. The quantitative estimate of drug-likeness (QED) is 0.834. The Bertz CT molecular complexity index is 439. The number of hydrogen-bond acceptors (Lipinski definition) is 2. The minimum atomic E-state index is -0.141. The predicted octanol–water partition coefficient (Wildman–Crippen LogP) is 3.62. The van der Waals surface area contributed by atoms with Gasteiger partial charge in [-0.25, -0.2) is 4.79 Å². The second-order valence-electron chi connectivity index (χ2n) is 5.40. The van der Waals surface area contributed by atoms with Crippen LogP contribution in [0.1, 0.15) is 33.3 Å². The van der Waals surface area contributed by atoms with E-state index in [0.717, 1.165) is 24.3 Å². The lowest BCUT2D eigenvalue weighted by Gasteiger charge is -2.22. The second-order valence-corrected chi connectivity index (χ2v) is 5.40. The van der Waals surface area contributed by atoms with Crippen LogP contribution in [-0.2, 0) is 0 Å². The minimum Gasteiger partial charge on any atom is -0.372 e. The van der Waals surface area contributed by atoms with Crippen LogP contribution in [0.2, 0.25) is 0 Å². The van der Waals surface area contributed by atoms with Crippen molar-refractivity contribution in [2.75, 3.05) is 29.9 Å². The fourth-order valence-electron chi connectivity index (χ4n) is 2.04. The summed E-state index contributed by atoms with van der Waals surface area (Å²) in [7, 11) is 0. The summed E-state index contributed by atoms with van der Waals surface area (Å²) >= 11 is 0. The number of nitrogens with one attached hydrogen (secondary N) is 2. The Morgan fingerprint density at radius 2 is 1.90 bits per heavy atom. The molecule has 0 saturated heterocycles. The zero-order valence-corrected chi connectivity index (χ0v) is 13.3. The predicted molar refractivity (Wildman–Crippen MR) is 86.6 cm³/mol. The molecule has 0 unspecified atom stereocenters. The summed E-state index contributed by atoms with van der Waals surface area (Å²) in [5.41, 5.74) is 3.14. The SMILES string of the molecule is CCN(CC)c1ccc(NC(=O)NCC(C)C)c(C)c1. The Morgan fingerprint density at radius 1 is 1.25 bits per heavy atom. The van der Waals surface area contributed by atoms with Crippen molar-refractivity contribution in [2.24, 2.45) is 5.92 Å². The summed E-state index contributed by atoms with van der Waals surface area (Å²) in [5, 5.41) is 5.76. The number of aryl methyl sites for hydroxylation is 1. The number of carbonyl (C=O) groups is 1. The highest BCUT2D eigenvalue weighted by atomic mass is 16.2. The van der Waals surface area contributed by atoms with Gasteiger partial charge in [0.05, 0.1) is 0 Å². The summed E-state index contributed by atoms with van der Waals surface area (Å²) in [6, 6.07) is 6.00. The van der Waals surface area contributed by atoms with Gasteiger partial charge in [-0.15, -0.1) is 0 Å². The maximum absolute atomic E-state index is 11.8. The molecule has 1 aromatic rings. The number of rotatable bonds is 6. The average molecular weight is 277 g/mol. The number of urea groups is 1. The van der Waals surface area contributed by atoms with Crippen molar-refractivity contribution in [2.45, 2.75) is 34.6 Å². The summed E-state index contributed by atoms with van der Waals surface area (Å²) in [6.45, 7) is 13.1. The number of hydrogen-bond donors (Lipinski definition) is 2. The first-order valence-corrected chi connectivity index (χ1v) is 7.38. The van der Waals surface area contributed by atoms with Gasteiger partial charge in [0.2, 0.25) is 0 Å². The van der Waals surface area contributed by atoms with Crippen molar-refractivity contribution in [1.82, 2.24) is 5.32 Å². The molecule has 0 aliphatic rings. The van der Waals surface area contributed by atoms with Gasteiger partial charge < -0.3 is 15.5 Å². The molecule has 2 amide bonds. The maximum atomic E-state index is 11.8. The van der Waals surface area contributed by atoms with Gasteiger partial charge >= 0.3 is 6.03 Å². The molecule has 0 aliphatic heterocycles. The molecule has 20 heavy (non-hydrogen) atoms. The van der Waals surface area contributed by atoms with Crippen LogP contribution >= 0.6 is 0 Å². The average Bonchev–Trinajstić information content (AvgIpc) is 2.41. The van der Waals surface area contributed by atoms with Crippen molar-refractivity contribution in [3.05, 3.63) is 23.8 Å². The third-order valence-electron chi connectivity index (χ3n) is 3.26. The Balaban J connectivity index is 2.71. The van der Waals surface area contributed by atoms with Gasteiger partial charge in [-0.1, -0.05) is 13.8 Å². The Morgan fingerprint density at radius 3 is 2.40 bits per heavy atom. The minimum absolute atomic E-state index is 0.141. The van der Waals surface area contributed by atoms with Crippen molar-refractivity contribution >= 4 is 17.4 Å². The highest BCUT2D eigenvalue weighted by Crippen LogP contribution is 2.22. The van der Waals surface area contributed by atoms with Crippen LogP contribution in [0.4, 0.5) is 16.2 Å². The van der Waals surface area contributed by atoms with Gasteiger partial charge in [0, 0.05) is 31.0 Å². The lowest BCUT2D eigenvalue weighted by Crippen LogP contribution is -2.31. The fourth-order valence-corrected chi connectivity index (χ4v) is 2.04. The van der Waals surface area contributed by atoms with Crippen molar-refractivity contribution in [3.63, 3.8) is 0 Å². The van der Waals surface area contributed by atoms with E-state index in [2.05, 4.69) is 55.4 Å². The van der Waals surface area contributed by atoms with E-state index in [9.17, 15) is 4.79 Å². The van der Waals surface area contributed by atoms with E-state index in [0.29, 0.717) is 12.5 Å². The van der Waals surface area contributed by atoms with Crippen molar-refractivity contribution in [3.8, 4) is 0 Å². The molecule has 1 rings (SSSR count). The van der Waals surface area contributed by atoms with Gasteiger partial charge in [-0.2, -0.15) is 0 Å². The monoisotopic (exact) mass is 277 g/mol. The number of carbonyl (C=O) groups excluding carboxylic acids is 1. The zero-order chi connectivity index (χ0) is 15.1. The molecule has 4 nitrogen and oxygen atoms in total. The van der Waals surface area contributed by atoms with E-state index in [4.69, 9.17) is 0 Å². The Kier molecular flexibility index (Phi) is 6.36. The molecule has 0 saturated carbocycles. The van der Waals surface area contributed by atoms with Gasteiger partial charge in [0.25, 0.3) is 0 Å². The van der Waals surface area contributed by atoms with Gasteiger partial charge in [-0.05, 0) is 50.5 Å². The van der Waals surface area contributed by atoms with Crippen LogP contribution in [0.25, 0.3) is 0 Å². The Labute approximate surface area is 122 Å². The molecule has 0 spiro atoms. The lowest BCUT2D eigenvalue weighted by atomic mass is 10.1. The molecule has 0 fully saturated rings. The number of nitrogens with zero attached hydrogens (tertiary/aromatic N) is 1. The standard InChI is InChI=1S/C16H27N3O/c1-6-19(7-2)14-8-9-15(13(5)10-14)18-16(20)17-11-12(3)4/h8-10,12H,6-7,11H2,1-5H3,(H2,17,18,20). The number of anilines is 2. The highest BCUT2D eigenvalue weighted by Gasteiger charge is 2.07. The summed E-state index contributed by atoms with van der Waals surface area (Å²) < 4.78 is 0. The first kappa shape index (κ1) is 16.3. The van der Waals surface area contributed by atoms with Crippen molar-refractivity contribution in [1.29, 1.82) is 0 Å². The van der Waals surface area contributed by atoms with E-state index < -0.39 is 0 Å². The first-order chi connectivity index (χ1) is 9.47. The Hall–Kier alpha value is -1.71. The van der Waals surface area contributed by atoms with E-state index in [1.807, 2.05) is 13.0 Å². The van der Waals surface area contributed by atoms with Crippen LogP contribution in [-0.4, -0.2) is 25.7 Å². The molecule has 0 bridgehead atoms. The van der Waals surface area contributed by atoms with E-state index in [-0.39, 0.29) is 6.03 Å². The van der Waals surface area contributed by atoms with E-state index in [1.165, 1.54) is 5.69 Å². The summed E-state index contributed by atoms with van der Waals surface area (Å²) in [5.74, 6) is 0.451. The molecular weight excluding hydrogens is 250 g/mol. The third kappa shape index (κ3) is 4.76. The second kappa shape index (κ2) is 7.78. The third-order valence-corrected chi connectivity index (χ3v) is 3.26. The topological polar surface area (TPSA) is 44.4 Å². The lowest BCUT2D eigenvalue weighted by molar-refractivity contribution is 0.251. The molecule has 0 aliphatic carbocycles. The molecular formula is C16H27N3O. The van der Waals surface area contributed by atoms with Crippen LogP contribution in [0.5, 0.6) is 0 Å². The zero-order valence-electron chi connectivity index (χ0n) is 13.3. The molecule has 0 heterocycles. The summed E-state index contributed by atoms with van der Waals surface area (Å²) in [4.78, 5) is 14.1. The van der Waals surface area contributed by atoms with Gasteiger partial charge in [-0.3, -0.25) is 0 Å². The van der Waals surface area contributed by atoms with E-state index >= 15 is 0 Å². The number of benzene rings is 1. The molecule has 1 aromatic carbocycles. The molecule has 0 radical (unpaired) electrons. The summed E-state index contributed by atoms with van der Waals surface area (Å²) in [6.07, 6.45) is 0. The molecule has 4 heteroatoms. The van der Waals surface area contributed by atoms with Crippen LogP contribution in [0.3, 0.4) is 0 Å². The van der Waals surface area contributed by atoms with Crippen molar-refractivity contribution < 1.29 is 4.79 Å². The first-order valence-electron chi connectivity index (χ1n) is 7.38. The van der Waals surface area contributed by atoms with Crippen LogP contribution < -0.4 is 15.5 Å². The van der Waals surface area contributed by atoms with E-state index in [1.54, 1.807) is 0 Å². The normalized spacial score (nSPS) is 10.5. The van der Waals surface area contributed by atoms with Gasteiger partial charge in [0.1, 0.15) is 0 Å². The van der Waals surface area contributed by atoms with Crippen LogP contribution in [0, 0.1) is 12.8 Å². The molecule has 0 aromatic heterocycles. The number of amides is 2. The van der Waals surface area contributed by atoms with Gasteiger partial charge in [0.15, 0.2) is 0 Å². The van der Waals surface area contributed by atoms with Crippen LogP contribution in [0.15, 0.2) is 18.2 Å². The largest absolute Gasteiger partial charge is 0.372 e. The molecule has 0 atom stereocenters. The molecule has 2 N–H and O–H groups in total.